The Morgan fingerprint density at radius 1 is 1.32 bits per heavy atom. The van der Waals surface area contributed by atoms with Gasteiger partial charge in [0.05, 0.1) is 24.0 Å². The van der Waals surface area contributed by atoms with Crippen LogP contribution in [0.3, 0.4) is 0 Å². The third-order valence-corrected chi connectivity index (χ3v) is 4.05. The molecule has 0 saturated heterocycles. The van der Waals surface area contributed by atoms with Crippen LogP contribution in [0.15, 0.2) is 30.5 Å². The van der Waals surface area contributed by atoms with Gasteiger partial charge in [0.1, 0.15) is 0 Å². The molecule has 0 bridgehead atoms. The van der Waals surface area contributed by atoms with Crippen molar-refractivity contribution in [2.45, 2.75) is 6.92 Å². The number of pyridine rings is 2. The highest BCUT2D eigenvalue weighted by Gasteiger charge is 2.23. The minimum atomic E-state index is -0.517. The maximum Gasteiger partial charge on any atom is 0.262 e. The first kappa shape index (κ1) is 15.3. The van der Waals surface area contributed by atoms with E-state index in [1.54, 1.807) is 30.5 Å². The summed E-state index contributed by atoms with van der Waals surface area (Å²) in [4.78, 5) is 20.1. The second-order valence-electron chi connectivity index (χ2n) is 5.71. The van der Waals surface area contributed by atoms with Crippen molar-refractivity contribution in [3.05, 3.63) is 41.8 Å². The first-order valence-corrected chi connectivity index (χ1v) is 7.63. The molecule has 2 aromatic heterocycles. The van der Waals surface area contributed by atoms with Gasteiger partial charge >= 0.3 is 0 Å². The Labute approximate surface area is 142 Å². The van der Waals surface area contributed by atoms with Gasteiger partial charge in [-0.25, -0.2) is 14.4 Å². The van der Waals surface area contributed by atoms with Crippen LogP contribution >= 0.6 is 0 Å². The van der Waals surface area contributed by atoms with E-state index in [1.165, 1.54) is 7.11 Å². The van der Waals surface area contributed by atoms with E-state index in [9.17, 15) is 9.18 Å². The largest absolute Gasteiger partial charge is 0.481 e. The first-order chi connectivity index (χ1) is 12.1. The molecule has 0 atom stereocenters. The molecule has 3 aromatic rings. The van der Waals surface area contributed by atoms with E-state index < -0.39 is 5.82 Å². The molecule has 0 unspecified atom stereocenters. The number of methoxy groups -OCH3 is 1. The van der Waals surface area contributed by atoms with Crippen LogP contribution in [-0.4, -0.2) is 29.6 Å². The Kier molecular flexibility index (Phi) is 3.49. The number of aryl methyl sites for hydroxylation is 1. The van der Waals surface area contributed by atoms with Crippen molar-refractivity contribution < 1.29 is 18.7 Å². The highest BCUT2D eigenvalue weighted by atomic mass is 19.1. The van der Waals surface area contributed by atoms with Gasteiger partial charge in [-0.3, -0.25) is 4.79 Å². The molecule has 1 aliphatic heterocycles. The predicted octanol–water partition coefficient (Wildman–Crippen LogP) is 3.08. The number of ether oxygens (including phenoxy) is 2. The highest BCUT2D eigenvalue weighted by Crippen LogP contribution is 2.38. The van der Waals surface area contributed by atoms with Crippen LogP contribution in [0.5, 0.6) is 11.6 Å². The zero-order chi connectivity index (χ0) is 17.6. The third-order valence-electron chi connectivity index (χ3n) is 4.05. The lowest BCUT2D eigenvalue weighted by Crippen LogP contribution is -2.26. The molecule has 25 heavy (non-hydrogen) atoms. The average Bonchev–Trinajstić information content (AvgIpc) is 2.61. The normalized spacial score (nSPS) is 13.2. The minimum absolute atomic E-state index is 0.0512. The van der Waals surface area contributed by atoms with E-state index in [4.69, 9.17) is 9.47 Å². The molecule has 7 heteroatoms. The van der Waals surface area contributed by atoms with E-state index in [2.05, 4.69) is 15.3 Å². The Morgan fingerprint density at radius 2 is 2.16 bits per heavy atom. The van der Waals surface area contributed by atoms with Crippen LogP contribution in [0.2, 0.25) is 0 Å². The topological polar surface area (TPSA) is 73.3 Å². The molecule has 1 aliphatic rings. The van der Waals surface area contributed by atoms with Crippen LogP contribution in [0.4, 0.5) is 10.1 Å². The van der Waals surface area contributed by atoms with Gasteiger partial charge in [0.25, 0.3) is 5.91 Å². The predicted molar refractivity (Wildman–Crippen MR) is 90.3 cm³/mol. The standard InChI is InChI=1S/C18H14FN3O3/c1-9-5-11(10-3-4-20-15(6-10)24-2)21-12-7-13-18(17(19)16(9)12)25-8-14(23)22-13/h3-7H,8H2,1-2H3,(H,22,23). The fourth-order valence-corrected chi connectivity index (χ4v) is 2.91. The van der Waals surface area contributed by atoms with Crippen molar-refractivity contribution in [2.24, 2.45) is 0 Å². The van der Waals surface area contributed by atoms with Crippen molar-refractivity contribution in [3.63, 3.8) is 0 Å². The number of hydrogen-bond acceptors (Lipinski definition) is 5. The third kappa shape index (κ3) is 2.53. The van der Waals surface area contributed by atoms with Gasteiger partial charge in [-0.1, -0.05) is 0 Å². The maximum absolute atomic E-state index is 14.8. The van der Waals surface area contributed by atoms with E-state index >= 15 is 0 Å². The molecular weight excluding hydrogens is 325 g/mol. The summed E-state index contributed by atoms with van der Waals surface area (Å²) >= 11 is 0. The Bertz CT molecular complexity index is 1020. The molecule has 1 amide bonds. The van der Waals surface area contributed by atoms with Crippen molar-refractivity contribution in [1.82, 2.24) is 9.97 Å². The van der Waals surface area contributed by atoms with Crippen LogP contribution < -0.4 is 14.8 Å². The van der Waals surface area contributed by atoms with Gasteiger partial charge in [-0.2, -0.15) is 0 Å². The van der Waals surface area contributed by atoms with E-state index in [0.717, 1.165) is 11.1 Å². The second kappa shape index (κ2) is 5.70. The number of anilines is 1. The number of nitrogens with one attached hydrogen (secondary N) is 1. The van der Waals surface area contributed by atoms with Crippen molar-refractivity contribution in [2.75, 3.05) is 19.0 Å². The lowest BCUT2D eigenvalue weighted by atomic mass is 10.0. The molecular formula is C18H14FN3O3. The van der Waals surface area contributed by atoms with E-state index in [-0.39, 0.29) is 24.0 Å². The molecule has 0 aliphatic carbocycles. The average molecular weight is 339 g/mol. The minimum Gasteiger partial charge on any atom is -0.481 e. The number of carbonyl (C=O) groups is 1. The Balaban J connectivity index is 1.93. The van der Waals surface area contributed by atoms with Gasteiger partial charge in [0.2, 0.25) is 5.88 Å². The molecule has 6 nitrogen and oxygen atoms in total. The summed E-state index contributed by atoms with van der Waals surface area (Å²) in [5, 5.41) is 2.99. The molecule has 4 rings (SSSR count). The number of rotatable bonds is 2. The van der Waals surface area contributed by atoms with Gasteiger partial charge in [0, 0.05) is 23.2 Å². The Hall–Kier alpha value is -3.22. The number of nitrogens with zero attached hydrogens (tertiary/aromatic N) is 2. The summed E-state index contributed by atoms with van der Waals surface area (Å²) in [7, 11) is 1.54. The first-order valence-electron chi connectivity index (χ1n) is 7.63. The monoisotopic (exact) mass is 339 g/mol. The zero-order valence-corrected chi connectivity index (χ0v) is 13.6. The smallest absolute Gasteiger partial charge is 0.262 e. The van der Waals surface area contributed by atoms with E-state index in [1.807, 2.05) is 6.92 Å². The number of aromatic nitrogens is 2. The number of benzene rings is 1. The van der Waals surface area contributed by atoms with Crippen LogP contribution in [0.1, 0.15) is 5.56 Å². The summed E-state index contributed by atoms with van der Waals surface area (Å²) in [5.41, 5.74) is 2.91. The molecule has 0 spiro atoms. The molecule has 3 heterocycles. The molecule has 0 fully saturated rings. The molecule has 0 radical (unpaired) electrons. The summed E-state index contributed by atoms with van der Waals surface area (Å²) < 4.78 is 25.2. The van der Waals surface area contributed by atoms with Gasteiger partial charge < -0.3 is 14.8 Å². The van der Waals surface area contributed by atoms with Crippen LogP contribution in [0.25, 0.3) is 22.2 Å². The number of fused-ring (bicyclic) bond motifs is 2. The zero-order valence-electron chi connectivity index (χ0n) is 13.6. The SMILES string of the molecule is COc1cc(-c2cc(C)c3c(F)c4c(cc3n2)NC(=O)CO4)ccn1. The molecule has 1 N–H and O–H groups in total. The molecule has 1 aromatic carbocycles. The molecule has 126 valence electrons. The number of amides is 1. The van der Waals surface area contributed by atoms with Gasteiger partial charge in [-0.15, -0.1) is 0 Å². The van der Waals surface area contributed by atoms with Crippen LogP contribution in [-0.2, 0) is 4.79 Å². The maximum atomic E-state index is 14.8. The highest BCUT2D eigenvalue weighted by molar-refractivity contribution is 6.00. The number of halogens is 1. The molecule has 0 saturated carbocycles. The van der Waals surface area contributed by atoms with Gasteiger partial charge in [-0.05, 0) is 30.7 Å². The van der Waals surface area contributed by atoms with Crippen molar-refractivity contribution in [3.8, 4) is 22.9 Å². The van der Waals surface area contributed by atoms with Crippen molar-refractivity contribution >= 4 is 22.5 Å². The number of hydrogen-bond donors (Lipinski definition) is 1. The quantitative estimate of drug-likeness (QED) is 0.777. The Morgan fingerprint density at radius 3 is 2.96 bits per heavy atom. The lowest BCUT2D eigenvalue weighted by Gasteiger charge is -2.20. The lowest BCUT2D eigenvalue weighted by molar-refractivity contribution is -0.118. The fraction of sp³-hybridized carbons (Fsp3) is 0.167. The summed E-state index contributed by atoms with van der Waals surface area (Å²) in [6.07, 6.45) is 1.62. The number of carbonyl (C=O) groups excluding carboxylic acids is 1. The summed E-state index contributed by atoms with van der Waals surface area (Å²) in [6, 6.07) is 6.98. The van der Waals surface area contributed by atoms with Crippen molar-refractivity contribution in [1.29, 1.82) is 0 Å². The summed E-state index contributed by atoms with van der Waals surface area (Å²) in [5.74, 6) is -0.320. The van der Waals surface area contributed by atoms with Crippen LogP contribution in [0, 0.1) is 12.7 Å². The fourth-order valence-electron chi connectivity index (χ4n) is 2.91. The second-order valence-corrected chi connectivity index (χ2v) is 5.71. The van der Waals surface area contributed by atoms with E-state index in [0.29, 0.717) is 22.5 Å². The van der Waals surface area contributed by atoms with Gasteiger partial charge in [0.15, 0.2) is 18.2 Å². The summed E-state index contributed by atoms with van der Waals surface area (Å²) in [6.45, 7) is 1.61.